The van der Waals surface area contributed by atoms with E-state index in [1.54, 1.807) is 30.3 Å². The summed E-state index contributed by atoms with van der Waals surface area (Å²) in [6.07, 6.45) is -3.42. The molecule has 0 fully saturated rings. The van der Waals surface area contributed by atoms with Crippen molar-refractivity contribution in [2.45, 2.75) is 30.8 Å². The molecular weight excluding hydrogens is 405 g/mol. The van der Waals surface area contributed by atoms with Gasteiger partial charge in [0, 0.05) is 19.2 Å². The van der Waals surface area contributed by atoms with Gasteiger partial charge < -0.3 is 4.90 Å². The number of unbranched alkanes of at least 4 members (excludes halogenated alkanes) is 1. The second kappa shape index (κ2) is 9.30. The highest BCUT2D eigenvalue weighted by atomic mass is 32.2. The third-order valence-corrected chi connectivity index (χ3v) is 6.12. The first-order chi connectivity index (χ1) is 13.6. The van der Waals surface area contributed by atoms with Gasteiger partial charge in [0.15, 0.2) is 0 Å². The van der Waals surface area contributed by atoms with Crippen LogP contribution < -0.4 is 4.31 Å². The second-order valence-corrected chi connectivity index (χ2v) is 8.50. The van der Waals surface area contributed by atoms with Crippen LogP contribution in [0.1, 0.15) is 30.1 Å². The normalized spacial score (nSPS) is 11.9. The fourth-order valence-corrected chi connectivity index (χ4v) is 3.90. The molecule has 0 saturated carbocycles. The van der Waals surface area contributed by atoms with Crippen LogP contribution in [0.15, 0.2) is 59.5 Å². The molecule has 0 spiro atoms. The van der Waals surface area contributed by atoms with Crippen LogP contribution in [0.3, 0.4) is 0 Å². The molecule has 2 aromatic carbocycles. The van der Waals surface area contributed by atoms with Crippen molar-refractivity contribution in [3.8, 4) is 0 Å². The van der Waals surface area contributed by atoms with Crippen molar-refractivity contribution in [3.63, 3.8) is 0 Å². The number of anilines is 1. The SMILES string of the molecule is CCCCN(CC(F)(F)F)C(=O)c1ccc(S(=O)(=O)N(C)c2ccccc2)cc1. The molecule has 2 aromatic rings. The highest BCUT2D eigenvalue weighted by Crippen LogP contribution is 2.23. The lowest BCUT2D eigenvalue weighted by Crippen LogP contribution is -2.39. The number of rotatable bonds is 8. The minimum atomic E-state index is -4.51. The molecular formula is C20H23F3N2O3S. The van der Waals surface area contributed by atoms with Gasteiger partial charge in [-0.15, -0.1) is 0 Å². The summed E-state index contributed by atoms with van der Waals surface area (Å²) in [7, 11) is -2.47. The molecule has 158 valence electrons. The molecule has 0 radical (unpaired) electrons. The minimum Gasteiger partial charge on any atom is -0.330 e. The van der Waals surface area contributed by atoms with Gasteiger partial charge >= 0.3 is 6.18 Å². The van der Waals surface area contributed by atoms with Crippen LogP contribution in [-0.4, -0.2) is 45.5 Å². The molecule has 0 aliphatic rings. The predicted molar refractivity (Wildman–Crippen MR) is 105 cm³/mol. The fraction of sp³-hybridized carbons (Fsp3) is 0.350. The molecule has 9 heteroatoms. The third kappa shape index (κ3) is 5.96. The topological polar surface area (TPSA) is 57.7 Å². The van der Waals surface area contributed by atoms with E-state index < -0.39 is 28.7 Å². The molecule has 0 unspecified atom stereocenters. The van der Waals surface area contributed by atoms with Crippen molar-refractivity contribution >= 4 is 21.6 Å². The van der Waals surface area contributed by atoms with E-state index in [4.69, 9.17) is 0 Å². The van der Waals surface area contributed by atoms with E-state index >= 15 is 0 Å². The predicted octanol–water partition coefficient (Wildman–Crippen LogP) is 4.32. The fourth-order valence-electron chi connectivity index (χ4n) is 2.70. The summed E-state index contributed by atoms with van der Waals surface area (Å²) < 4.78 is 65.0. The molecule has 5 nitrogen and oxygen atoms in total. The quantitative estimate of drug-likeness (QED) is 0.629. The van der Waals surface area contributed by atoms with Crippen LogP contribution in [0, 0.1) is 0 Å². The van der Waals surface area contributed by atoms with Gasteiger partial charge in [-0.1, -0.05) is 31.5 Å². The van der Waals surface area contributed by atoms with Crippen LogP contribution >= 0.6 is 0 Å². The van der Waals surface area contributed by atoms with E-state index in [2.05, 4.69) is 0 Å². The number of carbonyl (C=O) groups excluding carboxylic acids is 1. The molecule has 0 saturated heterocycles. The van der Waals surface area contributed by atoms with Crippen molar-refractivity contribution in [1.29, 1.82) is 0 Å². The van der Waals surface area contributed by atoms with Crippen molar-refractivity contribution < 1.29 is 26.4 Å². The largest absolute Gasteiger partial charge is 0.406 e. The van der Waals surface area contributed by atoms with Crippen molar-refractivity contribution in [3.05, 3.63) is 60.2 Å². The van der Waals surface area contributed by atoms with E-state index in [9.17, 15) is 26.4 Å². The summed E-state index contributed by atoms with van der Waals surface area (Å²) in [5.74, 6) is -0.781. The standard InChI is InChI=1S/C20H23F3N2O3S/c1-3-4-14-25(15-20(21,22)23)19(26)16-10-12-18(13-11-16)29(27,28)24(2)17-8-6-5-7-9-17/h5-13H,3-4,14-15H2,1-2H3. The summed E-state index contributed by atoms with van der Waals surface area (Å²) in [6.45, 7) is 0.452. The van der Waals surface area contributed by atoms with Gasteiger partial charge in [-0.3, -0.25) is 9.10 Å². The summed E-state index contributed by atoms with van der Waals surface area (Å²) in [6, 6.07) is 13.4. The summed E-state index contributed by atoms with van der Waals surface area (Å²) in [5, 5.41) is 0. The Bertz CT molecular complexity index is 914. The smallest absolute Gasteiger partial charge is 0.330 e. The number of hydrogen-bond donors (Lipinski definition) is 0. The number of para-hydroxylation sites is 1. The number of halogens is 3. The molecule has 0 aromatic heterocycles. The summed E-state index contributed by atoms with van der Waals surface area (Å²) in [5.41, 5.74) is 0.468. The van der Waals surface area contributed by atoms with Crippen molar-refractivity contribution in [2.24, 2.45) is 0 Å². The molecule has 0 heterocycles. The van der Waals surface area contributed by atoms with Gasteiger partial charge in [-0.25, -0.2) is 8.42 Å². The Kier molecular flexibility index (Phi) is 7.29. The summed E-state index contributed by atoms with van der Waals surface area (Å²) >= 11 is 0. The van der Waals surface area contributed by atoms with Crippen LogP contribution in [-0.2, 0) is 10.0 Å². The van der Waals surface area contributed by atoms with E-state index in [1.165, 1.54) is 31.3 Å². The Morgan fingerprint density at radius 1 is 1.00 bits per heavy atom. The molecule has 0 bridgehead atoms. The van der Waals surface area contributed by atoms with Crippen LogP contribution in [0.4, 0.5) is 18.9 Å². The number of amides is 1. The Hall–Kier alpha value is -2.55. The zero-order valence-electron chi connectivity index (χ0n) is 16.2. The number of nitrogens with zero attached hydrogens (tertiary/aromatic N) is 2. The zero-order chi connectivity index (χ0) is 21.7. The molecule has 0 aliphatic heterocycles. The number of alkyl halides is 3. The van der Waals surface area contributed by atoms with Crippen molar-refractivity contribution in [2.75, 3.05) is 24.4 Å². The lowest BCUT2D eigenvalue weighted by molar-refractivity contribution is -0.140. The Labute approximate surface area is 168 Å². The number of hydrogen-bond acceptors (Lipinski definition) is 3. The van der Waals surface area contributed by atoms with Gasteiger partial charge in [0.25, 0.3) is 15.9 Å². The minimum absolute atomic E-state index is 0.00617. The Balaban J connectivity index is 2.24. The van der Waals surface area contributed by atoms with Gasteiger partial charge in [-0.05, 0) is 42.8 Å². The number of sulfonamides is 1. The average molecular weight is 428 g/mol. The van der Waals surface area contributed by atoms with E-state index in [0.29, 0.717) is 18.5 Å². The first kappa shape index (κ1) is 22.7. The lowest BCUT2D eigenvalue weighted by atomic mass is 10.2. The molecule has 0 atom stereocenters. The first-order valence-electron chi connectivity index (χ1n) is 9.06. The third-order valence-electron chi connectivity index (χ3n) is 4.32. The Morgan fingerprint density at radius 3 is 2.10 bits per heavy atom. The highest BCUT2D eigenvalue weighted by molar-refractivity contribution is 7.92. The average Bonchev–Trinajstić information content (AvgIpc) is 2.70. The van der Waals surface area contributed by atoms with Gasteiger partial charge in [0.05, 0.1) is 10.6 Å². The van der Waals surface area contributed by atoms with Gasteiger partial charge in [0.2, 0.25) is 0 Å². The first-order valence-corrected chi connectivity index (χ1v) is 10.5. The molecule has 2 rings (SSSR count). The van der Waals surface area contributed by atoms with Crippen LogP contribution in [0.25, 0.3) is 0 Å². The maximum Gasteiger partial charge on any atom is 0.406 e. The molecule has 1 amide bonds. The number of carbonyl (C=O) groups is 1. The second-order valence-electron chi connectivity index (χ2n) is 6.53. The molecule has 0 N–H and O–H groups in total. The monoisotopic (exact) mass is 428 g/mol. The van der Waals surface area contributed by atoms with Crippen LogP contribution in [0.5, 0.6) is 0 Å². The highest BCUT2D eigenvalue weighted by Gasteiger charge is 2.33. The lowest BCUT2D eigenvalue weighted by Gasteiger charge is -2.24. The number of benzene rings is 2. The Morgan fingerprint density at radius 2 is 1.59 bits per heavy atom. The summed E-state index contributed by atoms with van der Waals surface area (Å²) in [4.78, 5) is 13.2. The maximum atomic E-state index is 12.8. The van der Waals surface area contributed by atoms with Gasteiger partial charge in [0.1, 0.15) is 6.54 Å². The van der Waals surface area contributed by atoms with Crippen LogP contribution in [0.2, 0.25) is 0 Å². The zero-order valence-corrected chi connectivity index (χ0v) is 17.0. The van der Waals surface area contributed by atoms with Crippen molar-refractivity contribution in [1.82, 2.24) is 4.90 Å². The maximum absolute atomic E-state index is 12.8. The molecule has 0 aliphatic carbocycles. The van der Waals surface area contributed by atoms with E-state index in [0.717, 1.165) is 9.21 Å². The van der Waals surface area contributed by atoms with E-state index in [1.807, 2.05) is 6.92 Å². The molecule has 29 heavy (non-hydrogen) atoms. The van der Waals surface area contributed by atoms with Gasteiger partial charge in [-0.2, -0.15) is 13.2 Å². The van der Waals surface area contributed by atoms with E-state index in [-0.39, 0.29) is 17.0 Å².